The first-order valence-electron chi connectivity index (χ1n) is 13.4. The summed E-state index contributed by atoms with van der Waals surface area (Å²) in [5.41, 5.74) is 3.78. The van der Waals surface area contributed by atoms with Crippen molar-refractivity contribution in [2.24, 2.45) is 0 Å². The van der Waals surface area contributed by atoms with E-state index in [0.29, 0.717) is 18.5 Å². The van der Waals surface area contributed by atoms with Crippen molar-refractivity contribution in [1.29, 1.82) is 0 Å². The first-order chi connectivity index (χ1) is 19.0. The second kappa shape index (κ2) is 10.7. The molecule has 2 aliphatic heterocycles. The van der Waals surface area contributed by atoms with Gasteiger partial charge in [-0.15, -0.1) is 0 Å². The van der Waals surface area contributed by atoms with Crippen molar-refractivity contribution in [3.63, 3.8) is 0 Å². The van der Waals surface area contributed by atoms with Crippen LogP contribution < -0.4 is 15.0 Å². The number of carbonyl (C=O) groups excluding carboxylic acids is 1. The molecule has 2 aliphatic rings. The van der Waals surface area contributed by atoms with E-state index in [9.17, 15) is 13.2 Å². The van der Waals surface area contributed by atoms with Crippen LogP contribution in [0.2, 0.25) is 0 Å². The average molecular weight is 545 g/mol. The van der Waals surface area contributed by atoms with E-state index in [1.165, 1.54) is 3.97 Å². The number of piperazine rings is 1. The molecule has 1 aromatic heterocycles. The van der Waals surface area contributed by atoms with E-state index in [0.717, 1.165) is 73.6 Å². The number of fused-ring (bicyclic) bond motifs is 2. The van der Waals surface area contributed by atoms with Crippen molar-refractivity contribution in [2.45, 2.75) is 24.2 Å². The summed E-state index contributed by atoms with van der Waals surface area (Å²) < 4.78 is 33.8. The van der Waals surface area contributed by atoms with Gasteiger partial charge in [0.05, 0.1) is 17.0 Å². The minimum Gasteiger partial charge on any atom is -0.493 e. The number of aryl methyl sites for hydroxylation is 1. The number of amides is 1. The van der Waals surface area contributed by atoms with Gasteiger partial charge < -0.3 is 15.0 Å². The molecule has 1 fully saturated rings. The number of hydrogen-bond donors (Lipinski definition) is 1. The van der Waals surface area contributed by atoms with Crippen molar-refractivity contribution < 1.29 is 17.9 Å². The zero-order chi connectivity index (χ0) is 26.8. The van der Waals surface area contributed by atoms with Gasteiger partial charge in [-0.1, -0.05) is 30.3 Å². The van der Waals surface area contributed by atoms with Crippen molar-refractivity contribution in [3.05, 3.63) is 84.6 Å². The molecule has 0 radical (unpaired) electrons. The van der Waals surface area contributed by atoms with Crippen LogP contribution in [0.4, 0.5) is 11.4 Å². The normalized spacial score (nSPS) is 16.2. The maximum Gasteiger partial charge on any atom is 0.268 e. The fraction of sp³-hybridized carbons (Fsp3) is 0.300. The van der Waals surface area contributed by atoms with Crippen LogP contribution in [0.5, 0.6) is 5.75 Å². The van der Waals surface area contributed by atoms with Crippen LogP contribution in [0.15, 0.2) is 83.9 Å². The summed E-state index contributed by atoms with van der Waals surface area (Å²) >= 11 is 0. The van der Waals surface area contributed by atoms with Crippen molar-refractivity contribution in [1.82, 2.24) is 8.87 Å². The number of carbonyl (C=O) groups is 1. The van der Waals surface area contributed by atoms with Gasteiger partial charge in [0.15, 0.2) is 0 Å². The number of ether oxygens (including phenoxy) is 1. The van der Waals surface area contributed by atoms with Gasteiger partial charge in [-0.05, 0) is 54.8 Å². The lowest BCUT2D eigenvalue weighted by molar-refractivity contribution is -0.116. The Hall–Kier alpha value is -3.82. The predicted molar refractivity (Wildman–Crippen MR) is 153 cm³/mol. The van der Waals surface area contributed by atoms with Gasteiger partial charge >= 0.3 is 0 Å². The molecule has 202 valence electrons. The number of hydrogen-bond acceptors (Lipinski definition) is 6. The van der Waals surface area contributed by atoms with Gasteiger partial charge in [0.2, 0.25) is 5.91 Å². The Morgan fingerprint density at radius 1 is 0.872 bits per heavy atom. The Morgan fingerprint density at radius 3 is 2.51 bits per heavy atom. The molecular formula is C30H32N4O4S. The Balaban J connectivity index is 1.04. The summed E-state index contributed by atoms with van der Waals surface area (Å²) in [7, 11) is -3.66. The minimum atomic E-state index is -3.66. The highest BCUT2D eigenvalue weighted by Gasteiger charge is 2.23. The number of nitrogens with one attached hydrogen (secondary N) is 1. The number of benzene rings is 3. The van der Waals surface area contributed by atoms with Crippen LogP contribution in [0, 0.1) is 0 Å². The third-order valence-corrected chi connectivity index (χ3v) is 9.26. The van der Waals surface area contributed by atoms with E-state index in [1.807, 2.05) is 42.5 Å². The molecule has 0 atom stereocenters. The average Bonchev–Trinajstić information content (AvgIpc) is 3.41. The molecule has 6 rings (SSSR count). The lowest BCUT2D eigenvalue weighted by Crippen LogP contribution is -2.46. The number of nitrogens with zero attached hydrogens (tertiary/aromatic N) is 3. The monoisotopic (exact) mass is 544 g/mol. The van der Waals surface area contributed by atoms with E-state index in [2.05, 4.69) is 21.2 Å². The number of rotatable bonds is 8. The summed E-state index contributed by atoms with van der Waals surface area (Å²) in [4.78, 5) is 16.7. The lowest BCUT2D eigenvalue weighted by Gasteiger charge is -2.36. The zero-order valence-electron chi connectivity index (χ0n) is 21.8. The molecule has 3 aromatic carbocycles. The minimum absolute atomic E-state index is 0.0600. The maximum atomic E-state index is 13.2. The van der Waals surface area contributed by atoms with Gasteiger partial charge in [-0.25, -0.2) is 12.4 Å². The second-order valence-electron chi connectivity index (χ2n) is 10.0. The summed E-state index contributed by atoms with van der Waals surface area (Å²) in [6, 6.07) is 22.3. The van der Waals surface area contributed by atoms with Crippen LogP contribution >= 0.6 is 0 Å². The van der Waals surface area contributed by atoms with Gasteiger partial charge in [0, 0.05) is 68.2 Å². The quantitative estimate of drug-likeness (QED) is 0.332. The third-order valence-electron chi connectivity index (χ3n) is 7.55. The largest absolute Gasteiger partial charge is 0.493 e. The summed E-state index contributed by atoms with van der Waals surface area (Å²) in [5.74, 6) is 0.847. The van der Waals surface area contributed by atoms with Crippen molar-refractivity contribution in [2.75, 3.05) is 49.5 Å². The molecule has 0 unspecified atom stereocenters. The summed E-state index contributed by atoms with van der Waals surface area (Å²) in [6.45, 7) is 5.19. The van der Waals surface area contributed by atoms with E-state index in [4.69, 9.17) is 4.74 Å². The lowest BCUT2D eigenvalue weighted by atomic mass is 10.0. The van der Waals surface area contributed by atoms with Gasteiger partial charge in [0.25, 0.3) is 10.0 Å². The molecule has 3 heterocycles. The van der Waals surface area contributed by atoms with Crippen molar-refractivity contribution >= 4 is 38.2 Å². The van der Waals surface area contributed by atoms with Crippen molar-refractivity contribution in [3.8, 4) is 5.75 Å². The molecule has 39 heavy (non-hydrogen) atoms. The van der Waals surface area contributed by atoms with E-state index < -0.39 is 10.0 Å². The Bertz CT molecular complexity index is 1590. The van der Waals surface area contributed by atoms with Gasteiger partial charge in [0.1, 0.15) is 5.75 Å². The van der Waals surface area contributed by atoms with Crippen LogP contribution in [0.1, 0.15) is 18.4 Å². The van der Waals surface area contributed by atoms with Gasteiger partial charge in [-0.3, -0.25) is 9.69 Å². The van der Waals surface area contributed by atoms with E-state index >= 15 is 0 Å². The van der Waals surface area contributed by atoms with Crippen LogP contribution in [-0.4, -0.2) is 62.5 Å². The van der Waals surface area contributed by atoms with Crippen LogP contribution in [0.3, 0.4) is 0 Å². The smallest absolute Gasteiger partial charge is 0.268 e. The zero-order valence-corrected chi connectivity index (χ0v) is 22.6. The first kappa shape index (κ1) is 25.5. The standard InChI is InChI=1S/C30H32N4O4S/c35-30-13-11-23-10-12-24(22-27(23)31-30)38-21-5-15-32-17-19-33(20-18-32)28-8-4-9-29-26(28)14-16-34(29)39(36,37)25-6-2-1-3-7-25/h1-4,6-10,12,14,16,22H,5,11,13,15,17-21H2,(H,31,35). The summed E-state index contributed by atoms with van der Waals surface area (Å²) in [6.07, 6.45) is 3.89. The highest BCUT2D eigenvalue weighted by molar-refractivity contribution is 7.90. The highest BCUT2D eigenvalue weighted by atomic mass is 32.2. The molecule has 0 bridgehead atoms. The molecular weight excluding hydrogens is 512 g/mol. The molecule has 1 amide bonds. The predicted octanol–water partition coefficient (Wildman–Crippen LogP) is 4.35. The second-order valence-corrected chi connectivity index (χ2v) is 11.9. The molecule has 0 spiro atoms. The number of aromatic nitrogens is 1. The molecule has 4 aromatic rings. The van der Waals surface area contributed by atoms with Crippen LogP contribution in [0.25, 0.3) is 10.9 Å². The maximum absolute atomic E-state index is 13.2. The molecule has 0 aliphatic carbocycles. The molecule has 8 nitrogen and oxygen atoms in total. The third kappa shape index (κ3) is 5.24. The van der Waals surface area contributed by atoms with E-state index in [-0.39, 0.29) is 10.8 Å². The Kier molecular flexibility index (Phi) is 7.01. The fourth-order valence-electron chi connectivity index (χ4n) is 5.45. The summed E-state index contributed by atoms with van der Waals surface area (Å²) in [5, 5.41) is 3.87. The first-order valence-corrected chi connectivity index (χ1v) is 14.9. The van der Waals surface area contributed by atoms with E-state index in [1.54, 1.807) is 30.5 Å². The fourth-order valence-corrected chi connectivity index (χ4v) is 6.82. The van der Waals surface area contributed by atoms with Crippen LogP contribution in [-0.2, 0) is 21.2 Å². The molecule has 9 heteroatoms. The topological polar surface area (TPSA) is 83.9 Å². The number of anilines is 2. The van der Waals surface area contributed by atoms with Gasteiger partial charge in [-0.2, -0.15) is 0 Å². The molecule has 1 N–H and O–H groups in total. The Labute approximate surface area is 228 Å². The SMILES string of the molecule is O=C1CCc2ccc(OCCCN3CCN(c4cccc5c4ccn5S(=O)(=O)c4ccccc4)CC3)cc2N1. The Morgan fingerprint density at radius 2 is 1.69 bits per heavy atom. The molecule has 0 saturated carbocycles. The molecule has 1 saturated heterocycles. The highest BCUT2D eigenvalue weighted by Crippen LogP contribution is 2.31.